The topological polar surface area (TPSA) is 90.3 Å². The number of tetrazole rings is 1. The van der Waals surface area contributed by atoms with Crippen LogP contribution < -0.4 is 5.32 Å². The number of nitriles is 1. The third kappa shape index (κ3) is 3.97. The lowest BCUT2D eigenvalue weighted by Gasteiger charge is -2.04. The Kier molecular flexibility index (Phi) is 4.84. The van der Waals surface area contributed by atoms with E-state index in [0.717, 1.165) is 15.5 Å². The maximum absolute atomic E-state index is 12.9. The highest BCUT2D eigenvalue weighted by atomic mass is 32.2. The van der Waals surface area contributed by atoms with Crippen molar-refractivity contribution in [1.29, 1.82) is 5.26 Å². The van der Waals surface area contributed by atoms with Gasteiger partial charge in [0.15, 0.2) is 0 Å². The normalized spacial score (nSPS) is 11.1. The number of halogens is 1. The summed E-state index contributed by atoms with van der Waals surface area (Å²) in [5.41, 5.74) is 1.09. The fourth-order valence-corrected chi connectivity index (χ4v) is 2.65. The Balaban J connectivity index is 1.66. The molecule has 2 aromatic carbocycles. The minimum Gasteiger partial charge on any atom is -0.360 e. The summed E-state index contributed by atoms with van der Waals surface area (Å²) in [7, 11) is 0. The van der Waals surface area contributed by atoms with E-state index in [1.54, 1.807) is 12.1 Å². The lowest BCUT2D eigenvalue weighted by atomic mass is 10.3. The minimum absolute atomic E-state index is 0.230. The van der Waals surface area contributed by atoms with Crippen molar-refractivity contribution in [2.24, 2.45) is 0 Å². The van der Waals surface area contributed by atoms with Gasteiger partial charge in [0.25, 0.3) is 0 Å². The first kappa shape index (κ1) is 15.7. The maximum Gasteiger partial charge on any atom is 0.216 e. The number of aromatic amines is 1. The fraction of sp³-hybridized carbons (Fsp3) is 0. The van der Waals surface area contributed by atoms with Gasteiger partial charge in [-0.15, -0.1) is 10.2 Å². The van der Waals surface area contributed by atoms with Gasteiger partial charge >= 0.3 is 0 Å². The van der Waals surface area contributed by atoms with Crippen molar-refractivity contribution < 1.29 is 4.39 Å². The number of anilines is 1. The van der Waals surface area contributed by atoms with Crippen LogP contribution in [-0.4, -0.2) is 20.6 Å². The Morgan fingerprint density at radius 2 is 1.79 bits per heavy atom. The predicted octanol–water partition coefficient (Wildman–Crippen LogP) is 3.47. The predicted molar refractivity (Wildman–Crippen MR) is 88.4 cm³/mol. The van der Waals surface area contributed by atoms with E-state index in [-0.39, 0.29) is 17.2 Å². The first-order valence-corrected chi connectivity index (χ1v) is 7.70. The summed E-state index contributed by atoms with van der Waals surface area (Å²) in [5, 5.41) is 25.3. The highest BCUT2D eigenvalue weighted by molar-refractivity contribution is 7.99. The number of H-pyrrole nitrogens is 1. The summed E-state index contributed by atoms with van der Waals surface area (Å²) in [6.45, 7) is 0. The summed E-state index contributed by atoms with van der Waals surface area (Å²) < 4.78 is 12.9. The molecule has 24 heavy (non-hydrogen) atoms. The first-order valence-electron chi connectivity index (χ1n) is 6.89. The number of benzene rings is 2. The molecule has 0 radical (unpaired) electrons. The zero-order valence-electron chi connectivity index (χ0n) is 12.3. The molecule has 3 aromatic rings. The second-order valence-electron chi connectivity index (χ2n) is 4.63. The lowest BCUT2D eigenvalue weighted by molar-refractivity contribution is 0.626. The monoisotopic (exact) mass is 338 g/mol. The molecule has 0 amide bonds. The minimum atomic E-state index is -0.249. The maximum atomic E-state index is 12.9. The van der Waals surface area contributed by atoms with Crippen LogP contribution in [0.2, 0.25) is 0 Å². The molecule has 3 rings (SSSR count). The van der Waals surface area contributed by atoms with Gasteiger partial charge in [0.1, 0.15) is 17.5 Å². The SMILES string of the molecule is N#CC(=CNc1ccc(Sc2ccc(F)cc2)cc1)c1nn[nH]n1. The summed E-state index contributed by atoms with van der Waals surface area (Å²) in [4.78, 5) is 1.98. The van der Waals surface area contributed by atoms with E-state index in [1.807, 2.05) is 30.3 Å². The van der Waals surface area contributed by atoms with Crippen LogP contribution in [-0.2, 0) is 0 Å². The molecule has 1 aromatic heterocycles. The van der Waals surface area contributed by atoms with E-state index in [0.29, 0.717) is 0 Å². The Hall–Kier alpha value is -3.18. The number of nitrogens with one attached hydrogen (secondary N) is 2. The van der Waals surface area contributed by atoms with E-state index in [4.69, 9.17) is 5.26 Å². The van der Waals surface area contributed by atoms with Crippen molar-refractivity contribution in [3.8, 4) is 6.07 Å². The quantitative estimate of drug-likeness (QED) is 0.692. The van der Waals surface area contributed by atoms with Crippen LogP contribution in [0, 0.1) is 17.1 Å². The lowest BCUT2D eigenvalue weighted by Crippen LogP contribution is -1.92. The number of rotatable bonds is 5. The molecule has 118 valence electrons. The molecular weight excluding hydrogens is 327 g/mol. The molecule has 6 nitrogen and oxygen atoms in total. The van der Waals surface area contributed by atoms with Gasteiger partial charge in [-0.2, -0.15) is 10.5 Å². The molecule has 0 aliphatic heterocycles. The fourth-order valence-electron chi connectivity index (χ4n) is 1.84. The Labute approximate surface area is 141 Å². The van der Waals surface area contributed by atoms with Gasteiger partial charge < -0.3 is 5.32 Å². The largest absolute Gasteiger partial charge is 0.360 e. The molecule has 0 atom stereocenters. The van der Waals surface area contributed by atoms with Crippen LogP contribution in [0.3, 0.4) is 0 Å². The Bertz CT molecular complexity index is 866. The molecule has 0 spiro atoms. The molecule has 0 saturated carbocycles. The molecule has 0 saturated heterocycles. The van der Waals surface area contributed by atoms with Crippen LogP contribution in [0.25, 0.3) is 5.57 Å². The van der Waals surface area contributed by atoms with Gasteiger partial charge in [0, 0.05) is 21.7 Å². The third-order valence-corrected chi connectivity index (χ3v) is 4.01. The van der Waals surface area contributed by atoms with E-state index in [2.05, 4.69) is 25.9 Å². The zero-order valence-corrected chi connectivity index (χ0v) is 13.1. The molecule has 0 bridgehead atoms. The molecule has 8 heteroatoms. The van der Waals surface area contributed by atoms with E-state index >= 15 is 0 Å². The molecule has 0 aliphatic rings. The van der Waals surface area contributed by atoms with Gasteiger partial charge in [-0.25, -0.2) is 4.39 Å². The van der Waals surface area contributed by atoms with Crippen LogP contribution >= 0.6 is 11.8 Å². The summed E-state index contributed by atoms with van der Waals surface area (Å²) in [6, 6.07) is 16.0. The van der Waals surface area contributed by atoms with Crippen LogP contribution in [0.15, 0.2) is 64.5 Å². The van der Waals surface area contributed by atoms with Gasteiger partial charge in [-0.05, 0) is 53.7 Å². The van der Waals surface area contributed by atoms with Gasteiger partial charge in [0.05, 0.1) is 0 Å². The summed E-state index contributed by atoms with van der Waals surface area (Å²) >= 11 is 1.54. The molecule has 0 unspecified atom stereocenters. The van der Waals surface area contributed by atoms with Crippen molar-refractivity contribution >= 4 is 23.0 Å². The molecule has 0 aliphatic carbocycles. The molecule has 1 heterocycles. The number of allylic oxidation sites excluding steroid dienone is 1. The molecule has 2 N–H and O–H groups in total. The molecule has 0 fully saturated rings. The van der Waals surface area contributed by atoms with Crippen molar-refractivity contribution in [2.75, 3.05) is 5.32 Å². The zero-order chi connectivity index (χ0) is 16.8. The number of hydrogen-bond donors (Lipinski definition) is 2. The summed E-state index contributed by atoms with van der Waals surface area (Å²) in [5.74, 6) is -0.0194. The van der Waals surface area contributed by atoms with Gasteiger partial charge in [0.2, 0.25) is 5.82 Å². The Morgan fingerprint density at radius 3 is 2.38 bits per heavy atom. The van der Waals surface area contributed by atoms with E-state index < -0.39 is 0 Å². The van der Waals surface area contributed by atoms with Crippen LogP contribution in [0.5, 0.6) is 0 Å². The van der Waals surface area contributed by atoms with Gasteiger partial charge in [-0.3, -0.25) is 0 Å². The smallest absolute Gasteiger partial charge is 0.216 e. The average molecular weight is 338 g/mol. The average Bonchev–Trinajstić information content (AvgIpc) is 3.13. The van der Waals surface area contributed by atoms with Crippen LogP contribution in [0.4, 0.5) is 10.1 Å². The number of aromatic nitrogens is 4. The van der Waals surface area contributed by atoms with Crippen molar-refractivity contribution in [3.63, 3.8) is 0 Å². The summed E-state index contributed by atoms with van der Waals surface area (Å²) in [6.07, 6.45) is 1.52. The second-order valence-corrected chi connectivity index (χ2v) is 5.78. The van der Waals surface area contributed by atoms with Crippen LogP contribution in [0.1, 0.15) is 5.82 Å². The van der Waals surface area contributed by atoms with E-state index in [9.17, 15) is 4.39 Å². The van der Waals surface area contributed by atoms with Crippen molar-refractivity contribution in [2.45, 2.75) is 9.79 Å². The van der Waals surface area contributed by atoms with E-state index in [1.165, 1.54) is 30.1 Å². The Morgan fingerprint density at radius 1 is 1.12 bits per heavy atom. The molecular formula is C16H11FN6S. The second kappa shape index (κ2) is 7.39. The van der Waals surface area contributed by atoms with Crippen molar-refractivity contribution in [3.05, 3.63) is 66.4 Å². The standard InChI is InChI=1S/C16H11FN6S/c17-12-1-5-14(6-2-12)24-15-7-3-13(4-8-15)19-10-11(9-18)16-20-22-23-21-16/h1-8,10,19H,(H,20,21,22,23). The number of hydrogen-bond acceptors (Lipinski definition) is 6. The first-order chi connectivity index (χ1) is 11.7. The number of nitrogens with zero attached hydrogens (tertiary/aromatic N) is 4. The van der Waals surface area contributed by atoms with Gasteiger partial charge in [-0.1, -0.05) is 11.8 Å². The highest BCUT2D eigenvalue weighted by Crippen LogP contribution is 2.28. The third-order valence-electron chi connectivity index (χ3n) is 2.99. The highest BCUT2D eigenvalue weighted by Gasteiger charge is 2.05. The van der Waals surface area contributed by atoms with Crippen molar-refractivity contribution in [1.82, 2.24) is 20.6 Å².